The first kappa shape index (κ1) is 20.6. The largest absolute Gasteiger partial charge is 1.00 e. The number of halogens is 2. The molecule has 1 aliphatic rings. The topological polar surface area (TPSA) is 29.1 Å². The van der Waals surface area contributed by atoms with Gasteiger partial charge in [-0.2, -0.15) is 0 Å². The number of hydrogen-bond acceptors (Lipinski definition) is 4. The van der Waals surface area contributed by atoms with Crippen LogP contribution in [0.3, 0.4) is 0 Å². The monoisotopic (exact) mass is 435 g/mol. The molecule has 4 rings (SSSR count). The van der Waals surface area contributed by atoms with Crippen molar-refractivity contribution in [1.82, 2.24) is 4.57 Å². The molecule has 0 saturated heterocycles. The fourth-order valence-corrected chi connectivity index (χ4v) is 5.58. The van der Waals surface area contributed by atoms with Gasteiger partial charge in [0.15, 0.2) is 6.20 Å². The SMILES string of the molecule is CCn1c(=O)/c(=C2\Sc3c(F)cccc3N2C)s/c1=C\c1cccc[n+]1C.[Cl-]. The normalized spacial score (nSPS) is 15.6. The molecular weight excluding hydrogens is 417 g/mol. The molecule has 0 bridgehead atoms. The highest BCUT2D eigenvalue weighted by atomic mass is 35.5. The van der Waals surface area contributed by atoms with E-state index in [4.69, 9.17) is 0 Å². The summed E-state index contributed by atoms with van der Waals surface area (Å²) in [4.78, 5) is 15.5. The van der Waals surface area contributed by atoms with Gasteiger partial charge in [0, 0.05) is 31.8 Å². The van der Waals surface area contributed by atoms with Gasteiger partial charge >= 0.3 is 0 Å². The van der Waals surface area contributed by atoms with Crippen molar-refractivity contribution in [1.29, 1.82) is 0 Å². The van der Waals surface area contributed by atoms with E-state index in [1.165, 1.54) is 29.2 Å². The summed E-state index contributed by atoms with van der Waals surface area (Å²) in [7, 11) is 3.85. The zero-order valence-electron chi connectivity index (χ0n) is 15.6. The first-order valence-electron chi connectivity index (χ1n) is 8.61. The molecule has 1 aliphatic heterocycles. The van der Waals surface area contributed by atoms with Crippen molar-refractivity contribution in [3.05, 3.63) is 73.7 Å². The second-order valence-electron chi connectivity index (χ2n) is 6.25. The van der Waals surface area contributed by atoms with Crippen LogP contribution >= 0.6 is 23.1 Å². The zero-order chi connectivity index (χ0) is 19.1. The fourth-order valence-electron chi connectivity index (χ4n) is 3.12. The van der Waals surface area contributed by atoms with E-state index in [9.17, 15) is 9.18 Å². The summed E-state index contributed by atoms with van der Waals surface area (Å²) in [6, 6.07) is 11.0. The van der Waals surface area contributed by atoms with E-state index < -0.39 is 0 Å². The Balaban J connectivity index is 0.00000225. The third kappa shape index (κ3) is 3.38. The van der Waals surface area contributed by atoms with Crippen molar-refractivity contribution in [3.8, 4) is 0 Å². The summed E-state index contributed by atoms with van der Waals surface area (Å²) in [6.07, 6.45) is 4.00. The Morgan fingerprint density at radius 3 is 2.68 bits per heavy atom. The molecule has 0 spiro atoms. The highest BCUT2D eigenvalue weighted by Gasteiger charge is 2.27. The fraction of sp³-hybridized carbons (Fsp3) is 0.200. The number of benzene rings is 1. The van der Waals surface area contributed by atoms with Crippen LogP contribution in [0.15, 0.2) is 52.3 Å². The first-order chi connectivity index (χ1) is 13.0. The van der Waals surface area contributed by atoms with Gasteiger partial charge in [-0.3, -0.25) is 9.36 Å². The molecule has 3 heterocycles. The Labute approximate surface area is 176 Å². The lowest BCUT2D eigenvalue weighted by Gasteiger charge is -2.11. The number of fused-ring (bicyclic) bond motifs is 1. The summed E-state index contributed by atoms with van der Waals surface area (Å²) >= 11 is 2.78. The lowest BCUT2D eigenvalue weighted by atomic mass is 10.3. The number of rotatable bonds is 2. The first-order valence-corrected chi connectivity index (χ1v) is 10.2. The molecule has 1 aromatic carbocycles. The van der Waals surface area contributed by atoms with E-state index >= 15 is 0 Å². The molecule has 3 aromatic rings. The third-order valence-corrected chi connectivity index (χ3v) is 7.13. The highest BCUT2D eigenvalue weighted by Crippen LogP contribution is 2.46. The lowest BCUT2D eigenvalue weighted by Crippen LogP contribution is -3.00. The predicted octanol–water partition coefficient (Wildman–Crippen LogP) is -0.966. The predicted molar refractivity (Wildman–Crippen MR) is 109 cm³/mol. The number of nitrogens with zero attached hydrogens (tertiary/aromatic N) is 3. The molecule has 2 aromatic heterocycles. The van der Waals surface area contributed by atoms with Gasteiger partial charge in [-0.15, -0.1) is 11.3 Å². The van der Waals surface area contributed by atoms with Gasteiger partial charge in [0.05, 0.1) is 10.6 Å². The number of aromatic nitrogens is 2. The standard InChI is InChI=1S/C20H19FN3OS2.ClH/c1-4-24-16(12-13-8-5-6-11-22(13)2)26-18(19(24)25)20-23(3)15-10-7-9-14(21)17(15)27-20;/h5-12H,4H2,1-3H3;1H/q+1;/p-1/b20-18+;. The van der Waals surface area contributed by atoms with Crippen LogP contribution in [0.4, 0.5) is 10.1 Å². The van der Waals surface area contributed by atoms with Crippen LogP contribution in [0, 0.1) is 5.82 Å². The maximum absolute atomic E-state index is 14.2. The second kappa shape index (κ2) is 8.11. The van der Waals surface area contributed by atoms with Gasteiger partial charge in [-0.05, 0) is 25.1 Å². The summed E-state index contributed by atoms with van der Waals surface area (Å²) in [5, 5.41) is 0.782. The van der Waals surface area contributed by atoms with Crippen molar-refractivity contribution >= 4 is 39.9 Å². The maximum Gasteiger partial charge on any atom is 0.271 e. The van der Waals surface area contributed by atoms with Crippen LogP contribution in [0.2, 0.25) is 0 Å². The summed E-state index contributed by atoms with van der Waals surface area (Å²) in [5.74, 6) is -0.255. The molecule has 0 N–H and O–H groups in total. The molecule has 0 unspecified atom stereocenters. The molecule has 4 nitrogen and oxygen atoms in total. The van der Waals surface area contributed by atoms with E-state index in [0.29, 0.717) is 16.0 Å². The zero-order valence-corrected chi connectivity index (χ0v) is 18.0. The smallest absolute Gasteiger partial charge is 0.271 e. The van der Waals surface area contributed by atoms with E-state index in [-0.39, 0.29) is 23.8 Å². The number of thiazole rings is 1. The number of anilines is 1. The van der Waals surface area contributed by atoms with Gasteiger partial charge in [-0.1, -0.05) is 17.8 Å². The highest BCUT2D eigenvalue weighted by molar-refractivity contribution is 8.08. The van der Waals surface area contributed by atoms with Crippen LogP contribution in [-0.4, -0.2) is 11.6 Å². The Bertz CT molecular complexity index is 1220. The molecule has 0 fully saturated rings. The molecule has 28 heavy (non-hydrogen) atoms. The minimum absolute atomic E-state index is 0. The summed E-state index contributed by atoms with van der Waals surface area (Å²) in [5.41, 5.74) is 1.78. The van der Waals surface area contributed by atoms with Crippen LogP contribution in [0.1, 0.15) is 12.6 Å². The number of pyridine rings is 1. The van der Waals surface area contributed by atoms with Crippen LogP contribution < -0.4 is 36.6 Å². The van der Waals surface area contributed by atoms with Crippen molar-refractivity contribution in [2.24, 2.45) is 7.05 Å². The van der Waals surface area contributed by atoms with Crippen molar-refractivity contribution in [2.45, 2.75) is 18.4 Å². The van der Waals surface area contributed by atoms with Crippen LogP contribution in [-0.2, 0) is 13.6 Å². The molecule has 0 aliphatic carbocycles. The Morgan fingerprint density at radius 1 is 1.21 bits per heavy atom. The third-order valence-electron chi connectivity index (χ3n) is 4.60. The summed E-state index contributed by atoms with van der Waals surface area (Å²) < 4.78 is 19.5. The lowest BCUT2D eigenvalue weighted by molar-refractivity contribution is -0.673. The minimum Gasteiger partial charge on any atom is -1.00 e. The van der Waals surface area contributed by atoms with Crippen LogP contribution in [0.5, 0.6) is 0 Å². The summed E-state index contributed by atoms with van der Waals surface area (Å²) in [6.45, 7) is 2.55. The van der Waals surface area contributed by atoms with Crippen molar-refractivity contribution in [2.75, 3.05) is 11.9 Å². The molecule has 146 valence electrons. The van der Waals surface area contributed by atoms with Gasteiger partial charge in [0.1, 0.15) is 27.1 Å². The Kier molecular flexibility index (Phi) is 5.98. The average Bonchev–Trinajstić information content (AvgIpc) is 3.15. The number of thioether (sulfide) groups is 1. The van der Waals surface area contributed by atoms with E-state index in [1.54, 1.807) is 10.6 Å². The van der Waals surface area contributed by atoms with Gasteiger partial charge < -0.3 is 17.3 Å². The number of aryl methyl sites for hydroxylation is 1. The molecule has 0 saturated carbocycles. The van der Waals surface area contributed by atoms with Gasteiger partial charge in [-0.25, -0.2) is 8.96 Å². The van der Waals surface area contributed by atoms with E-state index in [0.717, 1.165) is 21.1 Å². The Morgan fingerprint density at radius 2 is 2.00 bits per heavy atom. The molecule has 0 atom stereocenters. The maximum atomic E-state index is 14.2. The molecule has 0 amide bonds. The Hall–Kier alpha value is -2.09. The second-order valence-corrected chi connectivity index (χ2v) is 8.28. The van der Waals surface area contributed by atoms with Crippen molar-refractivity contribution in [3.63, 3.8) is 0 Å². The van der Waals surface area contributed by atoms with Gasteiger partial charge in [0.2, 0.25) is 5.69 Å². The number of hydrogen-bond donors (Lipinski definition) is 0. The molecular formula is C20H19ClFN3OS2. The average molecular weight is 436 g/mol. The van der Waals surface area contributed by atoms with Gasteiger partial charge in [0.25, 0.3) is 5.56 Å². The molecule has 8 heteroatoms. The van der Waals surface area contributed by atoms with E-state index in [2.05, 4.69) is 0 Å². The van der Waals surface area contributed by atoms with Crippen LogP contribution in [0.25, 0.3) is 11.1 Å². The van der Waals surface area contributed by atoms with E-state index in [1.807, 2.05) is 67.0 Å². The minimum atomic E-state index is -0.255. The molecule has 0 radical (unpaired) electrons. The van der Waals surface area contributed by atoms with Crippen molar-refractivity contribution < 1.29 is 21.4 Å². The quantitative estimate of drug-likeness (QED) is 0.485.